The number of benzene rings is 2. The lowest BCUT2D eigenvalue weighted by atomic mass is 10.2. The van der Waals surface area contributed by atoms with Gasteiger partial charge >= 0.3 is 5.97 Å². The summed E-state index contributed by atoms with van der Waals surface area (Å²) in [5.41, 5.74) is 3.01. The number of nitrogens with one attached hydrogen (secondary N) is 1. The number of ether oxygens (including phenoxy) is 3. The molecule has 10 heteroatoms. The highest BCUT2D eigenvalue weighted by Crippen LogP contribution is 2.28. The van der Waals surface area contributed by atoms with Crippen molar-refractivity contribution in [1.29, 1.82) is 0 Å². The zero-order valence-corrected chi connectivity index (χ0v) is 17.7. The largest absolute Gasteiger partial charge is 0.493 e. The molecule has 0 unspecified atom stereocenters. The number of carbonyl (C=O) groups excluding carboxylic acids is 1. The van der Waals surface area contributed by atoms with Gasteiger partial charge in [0, 0.05) is 0 Å². The number of amides is 1. The number of carbonyl (C=O) groups is 2. The minimum atomic E-state index is -1.15. The minimum absolute atomic E-state index is 0.0264. The number of hydrogen-bond donors (Lipinski definition) is 2. The molecule has 2 aromatic carbocycles. The molecule has 0 bridgehead atoms. The maximum Gasteiger partial charge on any atom is 0.371 e. The van der Waals surface area contributed by atoms with Gasteiger partial charge in [0.1, 0.15) is 18.1 Å². The fourth-order valence-electron chi connectivity index (χ4n) is 2.52. The first-order valence-corrected chi connectivity index (χ1v) is 9.66. The number of hydrazone groups is 1. The summed E-state index contributed by atoms with van der Waals surface area (Å²) in [7, 11) is 1.48. The van der Waals surface area contributed by atoms with Gasteiger partial charge < -0.3 is 23.7 Å². The molecule has 0 fully saturated rings. The molecule has 1 aromatic heterocycles. The van der Waals surface area contributed by atoms with Crippen LogP contribution in [-0.4, -0.2) is 36.9 Å². The standard InChI is InChI=1S/C22H19ClN2O7/c1-29-20-10-14(6-8-18(20)30-12-15-7-9-19(32-15)22(27)28)11-24-25-21(26)13-31-17-5-3-2-4-16(17)23/h2-11H,12-13H2,1H3,(H,25,26)(H,27,28)/b24-11+. The maximum absolute atomic E-state index is 11.9. The zero-order chi connectivity index (χ0) is 22.9. The summed E-state index contributed by atoms with van der Waals surface area (Å²) in [4.78, 5) is 22.7. The lowest BCUT2D eigenvalue weighted by Crippen LogP contribution is -2.24. The Morgan fingerprint density at radius 1 is 1.09 bits per heavy atom. The van der Waals surface area contributed by atoms with Crippen molar-refractivity contribution in [3.8, 4) is 17.2 Å². The highest BCUT2D eigenvalue weighted by molar-refractivity contribution is 6.32. The van der Waals surface area contributed by atoms with Gasteiger partial charge in [-0.05, 0) is 48.0 Å². The van der Waals surface area contributed by atoms with Crippen LogP contribution >= 0.6 is 11.6 Å². The van der Waals surface area contributed by atoms with E-state index in [2.05, 4.69) is 10.5 Å². The van der Waals surface area contributed by atoms with Gasteiger partial charge in [-0.2, -0.15) is 5.10 Å². The van der Waals surface area contributed by atoms with Gasteiger partial charge in [-0.15, -0.1) is 0 Å². The molecule has 9 nitrogen and oxygen atoms in total. The SMILES string of the molecule is COc1cc(/C=N/NC(=O)COc2ccccc2Cl)ccc1OCc1ccc(C(=O)O)o1. The quantitative estimate of drug-likeness (QED) is 0.350. The number of para-hydroxylation sites is 1. The number of carboxylic acids is 1. The molecule has 0 aliphatic rings. The van der Waals surface area contributed by atoms with Gasteiger partial charge in [0.2, 0.25) is 5.76 Å². The third-order valence-corrected chi connectivity index (χ3v) is 4.34. The van der Waals surface area contributed by atoms with Crippen LogP contribution < -0.4 is 19.6 Å². The summed E-state index contributed by atoms with van der Waals surface area (Å²) >= 11 is 5.97. The van der Waals surface area contributed by atoms with E-state index >= 15 is 0 Å². The summed E-state index contributed by atoms with van der Waals surface area (Å²) < 4.78 is 21.4. The molecule has 0 aliphatic carbocycles. The smallest absolute Gasteiger partial charge is 0.371 e. The molecule has 0 aliphatic heterocycles. The van der Waals surface area contributed by atoms with Crippen molar-refractivity contribution in [3.05, 3.63) is 76.7 Å². The Balaban J connectivity index is 1.53. The van der Waals surface area contributed by atoms with Crippen molar-refractivity contribution in [1.82, 2.24) is 5.43 Å². The van der Waals surface area contributed by atoms with Gasteiger partial charge in [-0.3, -0.25) is 4.79 Å². The van der Waals surface area contributed by atoms with Crippen LogP contribution in [0.5, 0.6) is 17.2 Å². The highest BCUT2D eigenvalue weighted by atomic mass is 35.5. The van der Waals surface area contributed by atoms with Crippen LogP contribution in [0, 0.1) is 0 Å². The Morgan fingerprint density at radius 3 is 2.62 bits per heavy atom. The number of halogens is 1. The first-order chi connectivity index (χ1) is 15.5. The van der Waals surface area contributed by atoms with Crippen molar-refractivity contribution < 1.29 is 33.3 Å². The number of hydrogen-bond acceptors (Lipinski definition) is 7. The first kappa shape index (κ1) is 22.7. The number of rotatable bonds is 10. The van der Waals surface area contributed by atoms with E-state index in [1.165, 1.54) is 25.5 Å². The molecule has 166 valence electrons. The number of aromatic carboxylic acids is 1. The molecule has 2 N–H and O–H groups in total. The van der Waals surface area contributed by atoms with Crippen molar-refractivity contribution in [3.63, 3.8) is 0 Å². The zero-order valence-electron chi connectivity index (χ0n) is 16.9. The van der Waals surface area contributed by atoms with Crippen molar-refractivity contribution in [2.45, 2.75) is 6.61 Å². The second-order valence-corrected chi connectivity index (χ2v) is 6.69. The number of nitrogens with zero attached hydrogens (tertiary/aromatic N) is 1. The maximum atomic E-state index is 11.9. The van der Waals surface area contributed by atoms with Gasteiger partial charge in [-0.25, -0.2) is 10.2 Å². The predicted octanol–water partition coefficient (Wildman–Crippen LogP) is 3.75. The third kappa shape index (κ3) is 6.26. The van der Waals surface area contributed by atoms with Gasteiger partial charge in [-0.1, -0.05) is 23.7 Å². The first-order valence-electron chi connectivity index (χ1n) is 9.28. The number of furan rings is 1. The Morgan fingerprint density at radius 2 is 1.91 bits per heavy atom. The molecule has 0 saturated carbocycles. The third-order valence-electron chi connectivity index (χ3n) is 4.03. The number of carboxylic acid groups (broad SMARTS) is 1. The van der Waals surface area contributed by atoms with Crippen LogP contribution in [0.2, 0.25) is 5.02 Å². The van der Waals surface area contributed by atoms with E-state index in [-0.39, 0.29) is 19.0 Å². The highest BCUT2D eigenvalue weighted by Gasteiger charge is 2.11. The fourth-order valence-corrected chi connectivity index (χ4v) is 2.71. The normalized spacial score (nSPS) is 10.7. The van der Waals surface area contributed by atoms with E-state index < -0.39 is 11.9 Å². The van der Waals surface area contributed by atoms with Gasteiger partial charge in [0.15, 0.2) is 18.1 Å². The minimum Gasteiger partial charge on any atom is -0.493 e. The van der Waals surface area contributed by atoms with Crippen molar-refractivity contribution >= 4 is 29.7 Å². The molecule has 3 rings (SSSR count). The average molecular weight is 459 g/mol. The second kappa shape index (κ2) is 10.9. The van der Waals surface area contributed by atoms with Crippen LogP contribution in [0.1, 0.15) is 21.9 Å². The molecule has 0 atom stereocenters. The summed E-state index contributed by atoms with van der Waals surface area (Å²) in [6.07, 6.45) is 1.44. The van der Waals surface area contributed by atoms with E-state index in [4.69, 9.17) is 35.3 Å². The van der Waals surface area contributed by atoms with E-state index in [1.807, 2.05) is 0 Å². The average Bonchev–Trinajstić information content (AvgIpc) is 3.27. The van der Waals surface area contributed by atoms with E-state index in [0.29, 0.717) is 33.6 Å². The lowest BCUT2D eigenvalue weighted by molar-refractivity contribution is -0.123. The topological polar surface area (TPSA) is 120 Å². The second-order valence-electron chi connectivity index (χ2n) is 6.28. The molecule has 32 heavy (non-hydrogen) atoms. The van der Waals surface area contributed by atoms with Crippen molar-refractivity contribution in [2.75, 3.05) is 13.7 Å². The molecule has 0 radical (unpaired) electrons. The number of methoxy groups -OCH3 is 1. The summed E-state index contributed by atoms with van der Waals surface area (Å²) in [5, 5.41) is 13.2. The van der Waals surface area contributed by atoms with Crippen LogP contribution in [-0.2, 0) is 11.4 Å². The molecule has 0 spiro atoms. The summed E-state index contributed by atoms with van der Waals surface area (Å²) in [5.74, 6) is -0.157. The fraction of sp³-hybridized carbons (Fsp3) is 0.136. The Bertz CT molecular complexity index is 1130. The van der Waals surface area contributed by atoms with E-state index in [0.717, 1.165) is 0 Å². The summed E-state index contributed by atoms with van der Waals surface area (Å²) in [6.45, 7) is -0.216. The van der Waals surface area contributed by atoms with Gasteiger partial charge in [0.05, 0.1) is 18.3 Å². The predicted molar refractivity (Wildman–Crippen MR) is 116 cm³/mol. The molecule has 1 amide bonds. The van der Waals surface area contributed by atoms with E-state index in [9.17, 15) is 9.59 Å². The lowest BCUT2D eigenvalue weighted by Gasteiger charge is -2.10. The van der Waals surface area contributed by atoms with Crippen LogP contribution in [0.3, 0.4) is 0 Å². The molecule has 0 saturated heterocycles. The summed E-state index contributed by atoms with van der Waals surface area (Å²) in [6, 6.07) is 14.7. The van der Waals surface area contributed by atoms with Crippen LogP contribution in [0.25, 0.3) is 0 Å². The Labute approximate surface area is 188 Å². The van der Waals surface area contributed by atoms with Crippen LogP contribution in [0.4, 0.5) is 0 Å². The molecular weight excluding hydrogens is 440 g/mol. The Kier molecular flexibility index (Phi) is 7.71. The Hall–Kier alpha value is -3.98. The molecular formula is C22H19ClN2O7. The molecule has 1 heterocycles. The van der Waals surface area contributed by atoms with Crippen LogP contribution in [0.15, 0.2) is 64.1 Å². The monoisotopic (exact) mass is 458 g/mol. The van der Waals surface area contributed by atoms with Gasteiger partial charge in [0.25, 0.3) is 5.91 Å². The molecule has 3 aromatic rings. The van der Waals surface area contributed by atoms with Crippen molar-refractivity contribution in [2.24, 2.45) is 5.10 Å². The van der Waals surface area contributed by atoms with E-state index in [1.54, 1.807) is 42.5 Å².